The van der Waals surface area contributed by atoms with Gasteiger partial charge in [-0.15, -0.1) is 0 Å². The molecule has 8 rings (SSSR count). The summed E-state index contributed by atoms with van der Waals surface area (Å²) in [6, 6.07) is 43.4. The maximum Gasteiger partial charge on any atom is 0.488 e. The predicted molar refractivity (Wildman–Crippen MR) is 427 cm³/mol. The minimum atomic E-state index is -1.96. The van der Waals surface area contributed by atoms with E-state index in [1.54, 1.807) is 52.1 Å². The fourth-order valence-corrected chi connectivity index (χ4v) is 14.9. The van der Waals surface area contributed by atoms with Gasteiger partial charge < -0.3 is 59.2 Å². The monoisotopic (exact) mass is 1510 g/mol. The Bertz CT molecular complexity index is 4010. The van der Waals surface area contributed by atoms with E-state index in [1.807, 2.05) is 188 Å². The minimum absolute atomic E-state index is 0.00466. The predicted octanol–water partition coefficient (Wildman–Crippen LogP) is 10.7. The molecule has 0 spiro atoms. The molecule has 592 valence electrons. The van der Waals surface area contributed by atoms with E-state index in [-0.39, 0.29) is 56.3 Å². The van der Waals surface area contributed by atoms with Crippen LogP contribution >= 0.6 is 0 Å². The highest BCUT2D eigenvalue weighted by Gasteiger charge is 2.48. The van der Waals surface area contributed by atoms with E-state index >= 15 is 28.8 Å². The van der Waals surface area contributed by atoms with E-state index in [4.69, 9.17) is 24.3 Å². The molecule has 2 aliphatic heterocycles. The van der Waals surface area contributed by atoms with Crippen molar-refractivity contribution in [3.05, 3.63) is 186 Å². The van der Waals surface area contributed by atoms with Crippen LogP contribution in [0.3, 0.4) is 0 Å². The van der Waals surface area contributed by atoms with Gasteiger partial charge in [0.1, 0.15) is 42.8 Å². The van der Waals surface area contributed by atoms with Crippen molar-refractivity contribution in [1.29, 1.82) is 0 Å². The van der Waals surface area contributed by atoms with E-state index in [0.29, 0.717) is 67.0 Å². The molecule has 0 aromatic heterocycles. The van der Waals surface area contributed by atoms with Gasteiger partial charge in [-0.2, -0.15) is 0 Å². The lowest BCUT2D eigenvalue weighted by Gasteiger charge is -2.39. The van der Waals surface area contributed by atoms with Gasteiger partial charge in [0.05, 0.1) is 17.7 Å². The van der Waals surface area contributed by atoms with Crippen LogP contribution in [-0.2, 0) is 73.9 Å². The lowest BCUT2D eigenvalue weighted by atomic mass is 9.80. The number of ketones is 2. The van der Waals surface area contributed by atoms with Crippen molar-refractivity contribution in [2.45, 2.75) is 202 Å². The third kappa shape index (κ3) is 23.8. The van der Waals surface area contributed by atoms with E-state index in [1.165, 1.54) is 54.6 Å². The first-order valence-corrected chi connectivity index (χ1v) is 38.8. The average Bonchev–Trinajstić information content (AvgIpc) is 1.31. The molecule has 21 nitrogen and oxygen atoms in total. The zero-order valence-electron chi connectivity index (χ0n) is 67.2. The Morgan fingerprint density at radius 1 is 0.536 bits per heavy atom. The molecule has 2 saturated heterocycles. The number of ether oxygens (including phenoxy) is 3. The average molecular weight is 1510 g/mol. The second-order valence-corrected chi connectivity index (χ2v) is 31.5. The summed E-state index contributed by atoms with van der Waals surface area (Å²) >= 11 is 0. The van der Waals surface area contributed by atoms with Gasteiger partial charge >= 0.3 is 13.1 Å². The van der Waals surface area contributed by atoms with Crippen molar-refractivity contribution < 1.29 is 72.5 Å². The van der Waals surface area contributed by atoms with Crippen LogP contribution in [0.5, 0.6) is 11.5 Å². The third-order valence-electron chi connectivity index (χ3n) is 21.4. The topological polar surface area (TPSA) is 270 Å². The number of carbonyl (C=O) groups is 9. The number of carbonyl (C=O) groups excluding carboxylic acids is 9. The summed E-state index contributed by atoms with van der Waals surface area (Å²) in [6.07, 6.45) is -0.317. The highest BCUT2D eigenvalue weighted by molar-refractivity contribution is 6.58. The molecule has 0 radical (unpaired) electrons. The van der Waals surface area contributed by atoms with Crippen LogP contribution in [0.4, 0.5) is 0 Å². The Labute approximate surface area is 651 Å². The normalized spacial score (nSPS) is 22.1. The smallest absolute Gasteiger partial charge is 0.488 e. The largest absolute Gasteiger partial charge is 0.489 e. The lowest BCUT2D eigenvalue weighted by Crippen LogP contribution is -2.61. The first-order chi connectivity index (χ1) is 52.1. The molecular weight excluding hydrogens is 1390 g/mol. The Hall–Kier alpha value is -9.51. The molecule has 6 amide bonds. The van der Waals surface area contributed by atoms with E-state index in [9.17, 15) is 19.5 Å². The van der Waals surface area contributed by atoms with Gasteiger partial charge in [0, 0.05) is 78.2 Å². The van der Waals surface area contributed by atoms with Crippen molar-refractivity contribution in [3.8, 4) is 22.6 Å². The fourth-order valence-electron chi connectivity index (χ4n) is 14.9. The number of nitrogens with one attached hydrogen (secondary N) is 1. The van der Waals surface area contributed by atoms with Crippen LogP contribution < -0.4 is 20.3 Å². The van der Waals surface area contributed by atoms with Crippen LogP contribution in [-0.4, -0.2) is 182 Å². The quantitative estimate of drug-likeness (QED) is 0.0385. The summed E-state index contributed by atoms with van der Waals surface area (Å²) < 4.78 is 17.8. The number of cyclic esters (lactones) is 1. The van der Waals surface area contributed by atoms with Crippen LogP contribution in [0.1, 0.15) is 150 Å². The molecule has 0 saturated carbocycles. The molecule has 22 heteroatoms. The molecule has 2 fully saturated rings. The van der Waals surface area contributed by atoms with Crippen molar-refractivity contribution >= 4 is 65.6 Å². The van der Waals surface area contributed by atoms with Crippen LogP contribution in [0.25, 0.3) is 11.1 Å². The van der Waals surface area contributed by atoms with Gasteiger partial charge in [-0.3, -0.25) is 38.4 Å². The molecular formula is C88H117BN6O15. The van der Waals surface area contributed by atoms with Crippen molar-refractivity contribution in [2.24, 2.45) is 41.4 Å². The van der Waals surface area contributed by atoms with Crippen LogP contribution in [0, 0.1) is 41.4 Å². The molecule has 4 N–H and O–H groups in total. The Balaban J connectivity index is 0.000000864. The van der Waals surface area contributed by atoms with Crippen molar-refractivity contribution in [1.82, 2.24) is 29.8 Å². The Morgan fingerprint density at radius 3 is 1.56 bits per heavy atom. The van der Waals surface area contributed by atoms with Crippen LogP contribution in [0.2, 0.25) is 0 Å². The summed E-state index contributed by atoms with van der Waals surface area (Å²) in [5, 5.41) is 32.7. The van der Waals surface area contributed by atoms with E-state index in [0.717, 1.165) is 27.2 Å². The first kappa shape index (κ1) is 87.7. The number of rotatable bonds is 21. The number of likely N-dealkylation sites (N-methyl/N-ethyl adjacent to an activating group) is 4. The van der Waals surface area contributed by atoms with Gasteiger partial charge in [0.15, 0.2) is 23.7 Å². The summed E-state index contributed by atoms with van der Waals surface area (Å²) in [7, 11) is 4.41. The second kappa shape index (κ2) is 41.0. The van der Waals surface area contributed by atoms with E-state index in [2.05, 4.69) is 5.32 Å². The van der Waals surface area contributed by atoms with Gasteiger partial charge in [0.2, 0.25) is 29.5 Å². The molecule has 2 aliphatic rings. The Morgan fingerprint density at radius 2 is 1.05 bits per heavy atom. The maximum absolute atomic E-state index is 15.9. The number of fused-ring (bicyclic) bond motifs is 1. The SMILES string of the molecule is CCC(C)[C@@H]1CC(=O)[C@@H]2CCCN2C(=O)[C@H](Cc2cccc(-c3ccc(OCc4ccccc4)cc3)c2)N(C)C(=O)[C@H](Cc2ccccc2)NC(=O)[C@H](C(C)C)N(C)C(=O)[C@@H](C(C)CC)OC(=O)[C@H](C(C)(C)O)N(C)C(=O)C(CC(C)C)CC(=O)[C@H](C(C)C)N(C)C1=O.OB(O)c1ccc(OCc2ccccc2)cc1. The lowest BCUT2D eigenvalue weighted by molar-refractivity contribution is -0.178. The summed E-state index contributed by atoms with van der Waals surface area (Å²) in [6.45, 7) is 22.0. The van der Waals surface area contributed by atoms with Crippen molar-refractivity contribution in [3.63, 3.8) is 0 Å². The third-order valence-corrected chi connectivity index (χ3v) is 21.4. The van der Waals surface area contributed by atoms with Crippen LogP contribution in [0.15, 0.2) is 164 Å². The molecule has 11 atom stereocenters. The van der Waals surface area contributed by atoms with Gasteiger partial charge in [-0.25, -0.2) is 4.79 Å². The summed E-state index contributed by atoms with van der Waals surface area (Å²) in [5.74, 6) is -8.19. The number of hydrogen-bond acceptors (Lipinski definition) is 15. The zero-order chi connectivity index (χ0) is 80.8. The summed E-state index contributed by atoms with van der Waals surface area (Å²) in [5.41, 5.74) is 3.72. The zero-order valence-corrected chi connectivity index (χ0v) is 67.2. The molecule has 6 aromatic rings. The number of aliphatic hydroxyl groups is 1. The van der Waals surface area contributed by atoms with Gasteiger partial charge in [-0.05, 0) is 126 Å². The first-order valence-electron chi connectivity index (χ1n) is 38.8. The minimum Gasteiger partial charge on any atom is -0.489 e. The molecule has 6 aromatic carbocycles. The second-order valence-electron chi connectivity index (χ2n) is 31.5. The highest BCUT2D eigenvalue weighted by Crippen LogP contribution is 2.34. The molecule has 0 bridgehead atoms. The maximum atomic E-state index is 15.9. The number of esters is 1. The molecule has 0 aliphatic carbocycles. The number of nitrogens with zero attached hydrogens (tertiary/aromatic N) is 5. The number of benzene rings is 6. The van der Waals surface area contributed by atoms with Gasteiger partial charge in [-0.1, -0.05) is 215 Å². The molecule has 3 unspecified atom stereocenters. The molecule has 110 heavy (non-hydrogen) atoms. The number of Topliss-reactive ketones (excluding diaryl/α,β-unsaturated/α-hetero) is 2. The number of amides is 6. The Kier molecular flexibility index (Phi) is 32.7. The van der Waals surface area contributed by atoms with Gasteiger partial charge in [0.25, 0.3) is 5.91 Å². The summed E-state index contributed by atoms with van der Waals surface area (Å²) in [4.78, 5) is 144. The fraction of sp³-hybridized carbons (Fsp3) is 0.489. The van der Waals surface area contributed by atoms with Crippen molar-refractivity contribution in [2.75, 3.05) is 34.7 Å². The standard InChI is InChI=1S/C75H104N6O12.C13H13BO3/c1-17-49(9)58-44-62(82)60-33-26-38-81(60)72(88)61(42-53-31-25-32-55(40-53)54-34-36-57(37-35-54)92-45-52-29-23-20-24-30-52)77(13)71(87)59(41-51-27-21-19-22-28-51)76-68(84)65(48(7)8)79(15)73(89)66(50(10)18-2)93-74(90)67(75(11,12)91)80(16)69(85)56(39-46(3)4)43-63(83)64(47(5)6)78(14)70(58)86;15-14(16)12-6-8-13(9-7-12)17-10-11-4-2-1-3-5-11/h19-25,27-32,34-37,40,46-50,56,58-61,64-67,91H,17-18,26,33,38-39,41-45H2,1-16H3,(H,76,84);1-9,15-16H,10H2/t49?,50?,56?,58-,59-,60-,61-,64-,65-,66+,67+;/m0./s1. The number of hydrogen-bond donors (Lipinski definition) is 4. The molecule has 2 heterocycles. The van der Waals surface area contributed by atoms with E-state index < -0.39 is 132 Å². The highest BCUT2D eigenvalue weighted by atomic mass is 16.6.